The normalized spacial score (nSPS) is 23.0. The zero-order valence-corrected chi connectivity index (χ0v) is 14.5. The molecule has 136 valence electrons. The molecule has 0 spiro atoms. The summed E-state index contributed by atoms with van der Waals surface area (Å²) >= 11 is 0. The van der Waals surface area contributed by atoms with Crippen molar-refractivity contribution in [2.75, 3.05) is 32.6 Å². The van der Waals surface area contributed by atoms with E-state index in [-0.39, 0.29) is 17.9 Å². The first-order valence-corrected chi connectivity index (χ1v) is 8.53. The van der Waals surface area contributed by atoms with E-state index in [9.17, 15) is 9.59 Å². The monoisotopic (exact) mass is 348 g/mol. The summed E-state index contributed by atoms with van der Waals surface area (Å²) in [5.41, 5.74) is 0.925. The highest BCUT2D eigenvalue weighted by atomic mass is 16.5. The van der Waals surface area contributed by atoms with Gasteiger partial charge in [0.15, 0.2) is 0 Å². The molecule has 1 saturated carbocycles. The summed E-state index contributed by atoms with van der Waals surface area (Å²) in [6.45, 7) is 1.31. The number of carboxylic acids is 1. The van der Waals surface area contributed by atoms with E-state index in [2.05, 4.69) is 5.32 Å². The first-order chi connectivity index (χ1) is 12.0. The van der Waals surface area contributed by atoms with Gasteiger partial charge in [-0.05, 0) is 19.3 Å². The Labute approximate surface area is 146 Å². The fourth-order valence-electron chi connectivity index (χ4n) is 3.35. The molecule has 1 amide bonds. The molecule has 2 aliphatic rings. The van der Waals surface area contributed by atoms with E-state index in [1.165, 1.54) is 0 Å². The van der Waals surface area contributed by atoms with Crippen LogP contribution in [0.1, 0.15) is 19.3 Å². The molecule has 3 rings (SSSR count). The van der Waals surface area contributed by atoms with Gasteiger partial charge in [0.1, 0.15) is 11.5 Å². The molecule has 1 aromatic rings. The largest absolute Gasteiger partial charge is 0.497 e. The number of nitrogens with zero attached hydrogens (tertiary/aromatic N) is 1. The topological polar surface area (TPSA) is 88.1 Å². The number of hydrogen-bond donors (Lipinski definition) is 2. The van der Waals surface area contributed by atoms with E-state index < -0.39 is 11.9 Å². The fraction of sp³-hybridized carbons (Fsp3) is 0.556. The summed E-state index contributed by atoms with van der Waals surface area (Å²) in [7, 11) is 3.23. The second-order valence-corrected chi connectivity index (χ2v) is 6.63. The van der Waals surface area contributed by atoms with Crippen molar-refractivity contribution in [3.05, 3.63) is 18.2 Å². The zero-order chi connectivity index (χ0) is 18.0. The minimum atomic E-state index is -0.859. The van der Waals surface area contributed by atoms with E-state index in [1.54, 1.807) is 19.1 Å². The molecule has 0 bridgehead atoms. The summed E-state index contributed by atoms with van der Waals surface area (Å²) in [6, 6.07) is 5.92. The number of anilines is 1. The van der Waals surface area contributed by atoms with Crippen LogP contribution in [0.15, 0.2) is 18.2 Å². The SMILES string of the molecule is COc1cc(NC2CCN(C(=O)[C@@H]3C[C@H]3C(=O)O)CC2)cc(OC)c1. The standard InChI is InChI=1S/C18H24N2O5/c1-24-13-7-12(8-14(9-13)25-2)19-11-3-5-20(6-4-11)17(21)15-10-16(15)18(22)23/h7-9,11,15-16,19H,3-6,10H2,1-2H3,(H,22,23)/t15-,16-/m1/s1. The lowest BCUT2D eigenvalue weighted by molar-refractivity contribution is -0.142. The number of carbonyl (C=O) groups excluding carboxylic acids is 1. The van der Waals surface area contributed by atoms with Gasteiger partial charge < -0.3 is 24.8 Å². The Kier molecular flexibility index (Phi) is 5.01. The van der Waals surface area contributed by atoms with Gasteiger partial charge in [0.05, 0.1) is 26.1 Å². The maximum absolute atomic E-state index is 12.3. The van der Waals surface area contributed by atoms with Crippen molar-refractivity contribution < 1.29 is 24.2 Å². The summed E-state index contributed by atoms with van der Waals surface area (Å²) in [6.07, 6.45) is 2.14. The Balaban J connectivity index is 1.53. The Morgan fingerprint density at radius 2 is 1.68 bits per heavy atom. The summed E-state index contributed by atoms with van der Waals surface area (Å²) in [4.78, 5) is 25.0. The summed E-state index contributed by atoms with van der Waals surface area (Å²) in [5.74, 6) is -0.209. The van der Waals surface area contributed by atoms with Crippen LogP contribution < -0.4 is 14.8 Å². The molecule has 25 heavy (non-hydrogen) atoms. The number of aliphatic carboxylic acids is 1. The number of piperidine rings is 1. The number of benzene rings is 1. The van der Waals surface area contributed by atoms with Crippen LogP contribution in [-0.4, -0.2) is 55.2 Å². The number of carboxylic acid groups (broad SMARTS) is 1. The van der Waals surface area contributed by atoms with Crippen LogP contribution in [0.4, 0.5) is 5.69 Å². The van der Waals surface area contributed by atoms with Gasteiger partial charge in [0.2, 0.25) is 5.91 Å². The van der Waals surface area contributed by atoms with E-state index in [0.717, 1.165) is 30.0 Å². The number of carbonyl (C=O) groups is 2. The molecule has 1 heterocycles. The maximum Gasteiger partial charge on any atom is 0.307 e. The minimum absolute atomic E-state index is 0.00565. The highest BCUT2D eigenvalue weighted by Crippen LogP contribution is 2.40. The highest BCUT2D eigenvalue weighted by molar-refractivity contribution is 5.89. The summed E-state index contributed by atoms with van der Waals surface area (Å²) < 4.78 is 10.6. The number of rotatable bonds is 6. The van der Waals surface area contributed by atoms with Crippen LogP contribution in [0.25, 0.3) is 0 Å². The third-order valence-corrected chi connectivity index (χ3v) is 4.95. The van der Waals surface area contributed by atoms with E-state index in [1.807, 2.05) is 18.2 Å². The highest BCUT2D eigenvalue weighted by Gasteiger charge is 2.50. The van der Waals surface area contributed by atoms with Gasteiger partial charge in [-0.3, -0.25) is 9.59 Å². The van der Waals surface area contributed by atoms with Gasteiger partial charge in [-0.25, -0.2) is 0 Å². The smallest absolute Gasteiger partial charge is 0.307 e. The molecule has 2 atom stereocenters. The van der Waals surface area contributed by atoms with Gasteiger partial charge >= 0.3 is 5.97 Å². The molecule has 1 aliphatic carbocycles. The number of likely N-dealkylation sites (tertiary alicyclic amines) is 1. The van der Waals surface area contributed by atoms with Crippen LogP contribution in [0.3, 0.4) is 0 Å². The van der Waals surface area contributed by atoms with E-state index in [4.69, 9.17) is 14.6 Å². The van der Waals surface area contributed by atoms with Gasteiger partial charge in [-0.1, -0.05) is 0 Å². The summed E-state index contributed by atoms with van der Waals surface area (Å²) in [5, 5.41) is 12.4. The van der Waals surface area contributed by atoms with Crippen molar-refractivity contribution in [1.29, 1.82) is 0 Å². The third-order valence-electron chi connectivity index (χ3n) is 4.95. The van der Waals surface area contributed by atoms with Crippen LogP contribution in [0, 0.1) is 11.8 Å². The lowest BCUT2D eigenvalue weighted by atomic mass is 10.0. The average Bonchev–Trinajstić information content (AvgIpc) is 3.42. The zero-order valence-electron chi connectivity index (χ0n) is 14.5. The van der Waals surface area contributed by atoms with Crippen LogP contribution in [-0.2, 0) is 9.59 Å². The minimum Gasteiger partial charge on any atom is -0.497 e. The second kappa shape index (κ2) is 7.21. The van der Waals surface area contributed by atoms with Crippen molar-refractivity contribution in [1.82, 2.24) is 4.90 Å². The number of amides is 1. The predicted octanol–water partition coefficient (Wildman–Crippen LogP) is 1.83. The molecular formula is C18H24N2O5. The first kappa shape index (κ1) is 17.4. The van der Waals surface area contributed by atoms with Crippen molar-refractivity contribution in [2.45, 2.75) is 25.3 Å². The number of methoxy groups -OCH3 is 2. The van der Waals surface area contributed by atoms with Gasteiger partial charge in [0, 0.05) is 43.0 Å². The van der Waals surface area contributed by atoms with Crippen LogP contribution in [0.2, 0.25) is 0 Å². The molecule has 2 fully saturated rings. The van der Waals surface area contributed by atoms with Crippen molar-refractivity contribution in [3.63, 3.8) is 0 Å². The lowest BCUT2D eigenvalue weighted by Crippen LogP contribution is -2.43. The van der Waals surface area contributed by atoms with Gasteiger partial charge in [0.25, 0.3) is 0 Å². The molecule has 1 saturated heterocycles. The maximum atomic E-state index is 12.3. The molecule has 1 aliphatic heterocycles. The molecule has 0 unspecified atom stereocenters. The fourth-order valence-corrected chi connectivity index (χ4v) is 3.35. The van der Waals surface area contributed by atoms with E-state index in [0.29, 0.717) is 19.5 Å². The molecule has 7 heteroatoms. The molecule has 2 N–H and O–H groups in total. The van der Waals surface area contributed by atoms with Gasteiger partial charge in [-0.2, -0.15) is 0 Å². The lowest BCUT2D eigenvalue weighted by Gasteiger charge is -2.33. The Morgan fingerprint density at radius 3 is 2.16 bits per heavy atom. The first-order valence-electron chi connectivity index (χ1n) is 8.53. The second-order valence-electron chi connectivity index (χ2n) is 6.63. The third kappa shape index (κ3) is 3.97. The van der Waals surface area contributed by atoms with Gasteiger partial charge in [-0.15, -0.1) is 0 Å². The molecule has 0 radical (unpaired) electrons. The van der Waals surface area contributed by atoms with E-state index >= 15 is 0 Å². The van der Waals surface area contributed by atoms with Crippen LogP contribution >= 0.6 is 0 Å². The Hall–Kier alpha value is -2.44. The Morgan fingerprint density at radius 1 is 1.08 bits per heavy atom. The van der Waals surface area contributed by atoms with Crippen molar-refractivity contribution in [3.8, 4) is 11.5 Å². The predicted molar refractivity (Wildman–Crippen MR) is 92.0 cm³/mol. The van der Waals surface area contributed by atoms with Crippen molar-refractivity contribution >= 4 is 17.6 Å². The molecular weight excluding hydrogens is 324 g/mol. The quantitative estimate of drug-likeness (QED) is 0.815. The number of hydrogen-bond acceptors (Lipinski definition) is 5. The van der Waals surface area contributed by atoms with Crippen molar-refractivity contribution in [2.24, 2.45) is 11.8 Å². The Bertz CT molecular complexity index is 633. The van der Waals surface area contributed by atoms with Crippen LogP contribution in [0.5, 0.6) is 11.5 Å². The number of ether oxygens (including phenoxy) is 2. The number of nitrogens with one attached hydrogen (secondary N) is 1. The average molecular weight is 348 g/mol. The molecule has 0 aromatic heterocycles. The molecule has 1 aromatic carbocycles. The molecule has 7 nitrogen and oxygen atoms in total.